The Labute approximate surface area is 105 Å². The summed E-state index contributed by atoms with van der Waals surface area (Å²) < 4.78 is 0. The van der Waals surface area contributed by atoms with Gasteiger partial charge in [-0.05, 0) is 25.3 Å². The van der Waals surface area contributed by atoms with E-state index in [1.165, 1.54) is 5.56 Å². The molecule has 4 heteroatoms. The van der Waals surface area contributed by atoms with Crippen molar-refractivity contribution in [3.8, 4) is 0 Å². The third-order valence-electron chi connectivity index (χ3n) is 2.28. The Kier molecular flexibility index (Phi) is 4.27. The zero-order chi connectivity index (χ0) is 11.9. The monoisotopic (exact) mass is 245 g/mol. The van der Waals surface area contributed by atoms with Gasteiger partial charge in [0.05, 0.1) is 5.69 Å². The second kappa shape index (κ2) is 6.15. The Hall–Kier alpha value is -1.68. The zero-order valence-electron chi connectivity index (χ0n) is 9.76. The maximum absolute atomic E-state index is 4.26. The number of nitrogens with zero attached hydrogens (tertiary/aromatic N) is 2. The van der Waals surface area contributed by atoms with Crippen LogP contribution in [0.15, 0.2) is 40.8 Å². The molecule has 2 aromatic rings. The molecule has 1 N–H and O–H groups in total. The number of hydrazone groups is 1. The highest BCUT2D eigenvalue weighted by atomic mass is 32.1. The van der Waals surface area contributed by atoms with E-state index in [4.69, 9.17) is 0 Å². The van der Waals surface area contributed by atoms with E-state index in [9.17, 15) is 0 Å². The maximum atomic E-state index is 4.26. The third-order valence-corrected chi connectivity index (χ3v) is 3.14. The Morgan fingerprint density at radius 2 is 2.18 bits per heavy atom. The highest BCUT2D eigenvalue weighted by Gasteiger charge is 1.94. The quantitative estimate of drug-likeness (QED) is 0.647. The van der Waals surface area contributed by atoms with Gasteiger partial charge in [-0.2, -0.15) is 5.10 Å². The van der Waals surface area contributed by atoms with Gasteiger partial charge in [0, 0.05) is 11.6 Å². The number of nitrogens with one attached hydrogen (secondary N) is 1. The number of anilines is 1. The molecule has 88 valence electrons. The molecule has 0 atom stereocenters. The average molecular weight is 245 g/mol. The second-order valence-corrected chi connectivity index (χ2v) is 4.60. The van der Waals surface area contributed by atoms with Crippen LogP contribution in [0.25, 0.3) is 0 Å². The summed E-state index contributed by atoms with van der Waals surface area (Å²) in [6.07, 6.45) is 3.84. The first kappa shape index (κ1) is 11.8. The van der Waals surface area contributed by atoms with Crippen molar-refractivity contribution in [1.29, 1.82) is 0 Å². The lowest BCUT2D eigenvalue weighted by molar-refractivity contribution is 1.05. The summed E-state index contributed by atoms with van der Waals surface area (Å²) in [5, 5.41) is 6.99. The molecule has 0 spiro atoms. The van der Waals surface area contributed by atoms with Crippen LogP contribution in [0, 0.1) is 6.92 Å². The highest BCUT2D eigenvalue weighted by molar-refractivity contribution is 7.13. The van der Waals surface area contributed by atoms with E-state index in [2.05, 4.69) is 39.8 Å². The van der Waals surface area contributed by atoms with Crippen LogP contribution in [0.2, 0.25) is 0 Å². The van der Waals surface area contributed by atoms with Gasteiger partial charge in [0.15, 0.2) is 0 Å². The molecule has 0 radical (unpaired) electrons. The summed E-state index contributed by atoms with van der Waals surface area (Å²) >= 11 is 1.57. The fourth-order valence-corrected chi connectivity index (χ4v) is 2.08. The Balaban J connectivity index is 1.72. The third kappa shape index (κ3) is 4.00. The molecule has 3 nitrogen and oxygen atoms in total. The largest absolute Gasteiger partial charge is 0.253 e. The van der Waals surface area contributed by atoms with Gasteiger partial charge in [-0.25, -0.2) is 4.98 Å². The maximum Gasteiger partial charge on any atom is 0.203 e. The summed E-state index contributed by atoms with van der Waals surface area (Å²) in [4.78, 5) is 4.26. The molecule has 2 rings (SSSR count). The summed E-state index contributed by atoms with van der Waals surface area (Å²) in [5.41, 5.74) is 5.29. The van der Waals surface area contributed by atoms with E-state index in [1.54, 1.807) is 11.3 Å². The SMILES string of the molecule is Cc1csc(N/N=C\CCc2ccccc2)n1. The Bertz CT molecular complexity index is 476. The molecule has 0 aliphatic heterocycles. The van der Waals surface area contributed by atoms with E-state index >= 15 is 0 Å². The van der Waals surface area contributed by atoms with Crippen LogP contribution in [-0.4, -0.2) is 11.2 Å². The molecule has 1 heterocycles. The molecule has 0 saturated carbocycles. The number of hydrogen-bond acceptors (Lipinski definition) is 4. The van der Waals surface area contributed by atoms with Crippen molar-refractivity contribution in [2.24, 2.45) is 5.10 Å². The van der Waals surface area contributed by atoms with Gasteiger partial charge in [0.2, 0.25) is 5.13 Å². The van der Waals surface area contributed by atoms with Crippen molar-refractivity contribution in [2.75, 3.05) is 5.43 Å². The Morgan fingerprint density at radius 1 is 1.35 bits per heavy atom. The van der Waals surface area contributed by atoms with Crippen molar-refractivity contribution in [3.05, 3.63) is 47.0 Å². The van der Waals surface area contributed by atoms with Gasteiger partial charge >= 0.3 is 0 Å². The number of thiazole rings is 1. The molecular formula is C13H15N3S. The predicted octanol–water partition coefficient (Wildman–Crippen LogP) is 3.48. The fraction of sp³-hybridized carbons (Fsp3) is 0.231. The van der Waals surface area contributed by atoms with Crippen molar-refractivity contribution >= 4 is 22.7 Å². The first-order valence-corrected chi connectivity index (χ1v) is 6.46. The fourth-order valence-electron chi connectivity index (χ4n) is 1.45. The lowest BCUT2D eigenvalue weighted by Crippen LogP contribution is -1.90. The first-order chi connectivity index (χ1) is 8.34. The van der Waals surface area contributed by atoms with Crippen LogP contribution in [0.3, 0.4) is 0 Å². The molecule has 1 aromatic heterocycles. The van der Waals surface area contributed by atoms with Gasteiger partial charge < -0.3 is 0 Å². The van der Waals surface area contributed by atoms with Gasteiger partial charge in [-0.1, -0.05) is 30.3 Å². The molecule has 0 amide bonds. The van der Waals surface area contributed by atoms with Crippen LogP contribution in [0.4, 0.5) is 5.13 Å². The smallest absolute Gasteiger partial charge is 0.203 e. The van der Waals surface area contributed by atoms with Crippen LogP contribution in [-0.2, 0) is 6.42 Å². The number of benzene rings is 1. The molecule has 0 aliphatic rings. The summed E-state index contributed by atoms with van der Waals surface area (Å²) in [5.74, 6) is 0. The predicted molar refractivity (Wildman–Crippen MR) is 73.7 cm³/mol. The van der Waals surface area contributed by atoms with E-state index in [0.29, 0.717) is 0 Å². The van der Waals surface area contributed by atoms with Crippen LogP contribution in [0.5, 0.6) is 0 Å². The lowest BCUT2D eigenvalue weighted by atomic mass is 10.1. The minimum absolute atomic E-state index is 0.846. The minimum atomic E-state index is 0.846. The van der Waals surface area contributed by atoms with Gasteiger partial charge in [0.1, 0.15) is 0 Å². The zero-order valence-corrected chi connectivity index (χ0v) is 10.6. The molecule has 0 unspecified atom stereocenters. The van der Waals surface area contributed by atoms with Crippen LogP contribution in [0.1, 0.15) is 17.7 Å². The van der Waals surface area contributed by atoms with Crippen LogP contribution >= 0.6 is 11.3 Å². The highest BCUT2D eigenvalue weighted by Crippen LogP contribution is 2.13. The van der Waals surface area contributed by atoms with Crippen molar-refractivity contribution in [3.63, 3.8) is 0 Å². The second-order valence-electron chi connectivity index (χ2n) is 3.74. The molecule has 0 aliphatic carbocycles. The molecular weight excluding hydrogens is 230 g/mol. The van der Waals surface area contributed by atoms with E-state index in [0.717, 1.165) is 23.7 Å². The molecule has 17 heavy (non-hydrogen) atoms. The standard InChI is InChI=1S/C13H15N3S/c1-11-10-17-13(15-11)16-14-9-5-8-12-6-3-2-4-7-12/h2-4,6-7,9-10H,5,8H2,1H3,(H,15,16)/b14-9-. The van der Waals surface area contributed by atoms with Gasteiger partial charge in [-0.3, -0.25) is 5.43 Å². The molecule has 0 fully saturated rings. The molecule has 0 saturated heterocycles. The van der Waals surface area contributed by atoms with E-state index in [-0.39, 0.29) is 0 Å². The van der Waals surface area contributed by atoms with Gasteiger partial charge in [-0.15, -0.1) is 11.3 Å². The first-order valence-electron chi connectivity index (χ1n) is 5.58. The topological polar surface area (TPSA) is 37.3 Å². The summed E-state index contributed by atoms with van der Waals surface area (Å²) in [7, 11) is 0. The summed E-state index contributed by atoms with van der Waals surface area (Å²) in [6.45, 7) is 1.97. The molecule has 1 aromatic carbocycles. The van der Waals surface area contributed by atoms with E-state index < -0.39 is 0 Å². The van der Waals surface area contributed by atoms with Crippen molar-refractivity contribution in [1.82, 2.24) is 4.98 Å². The number of hydrogen-bond donors (Lipinski definition) is 1. The summed E-state index contributed by atoms with van der Waals surface area (Å²) in [6, 6.07) is 10.4. The lowest BCUT2D eigenvalue weighted by Gasteiger charge is -1.96. The molecule has 0 bridgehead atoms. The normalized spacial score (nSPS) is 10.9. The van der Waals surface area contributed by atoms with E-state index in [1.807, 2.05) is 24.6 Å². The van der Waals surface area contributed by atoms with Crippen molar-refractivity contribution in [2.45, 2.75) is 19.8 Å². The van der Waals surface area contributed by atoms with Gasteiger partial charge in [0.25, 0.3) is 0 Å². The number of rotatable bonds is 5. The van der Waals surface area contributed by atoms with Crippen molar-refractivity contribution < 1.29 is 0 Å². The Morgan fingerprint density at radius 3 is 2.88 bits per heavy atom. The minimum Gasteiger partial charge on any atom is -0.253 e. The average Bonchev–Trinajstić information content (AvgIpc) is 2.76. The number of aryl methyl sites for hydroxylation is 2. The number of aromatic nitrogens is 1. The van der Waals surface area contributed by atoms with Crippen LogP contribution < -0.4 is 5.43 Å².